The predicted octanol–water partition coefficient (Wildman–Crippen LogP) is 4.92. The molecular formula is C20H17BrFN3O2S. The highest BCUT2D eigenvalue weighted by Crippen LogP contribution is 2.31. The average Bonchev–Trinajstić information content (AvgIpc) is 3.43. The lowest BCUT2D eigenvalue weighted by molar-refractivity contribution is -0.129. The molecule has 0 unspecified atom stereocenters. The van der Waals surface area contributed by atoms with Crippen LogP contribution in [0.5, 0.6) is 0 Å². The zero-order chi connectivity index (χ0) is 19.5. The van der Waals surface area contributed by atoms with Crippen molar-refractivity contribution < 1.29 is 13.6 Å². The van der Waals surface area contributed by atoms with E-state index in [1.54, 1.807) is 23.1 Å². The third-order valence-corrected chi connectivity index (χ3v) is 5.93. The highest BCUT2D eigenvalue weighted by atomic mass is 79.9. The van der Waals surface area contributed by atoms with Crippen molar-refractivity contribution in [3.8, 4) is 11.5 Å². The molecule has 0 atom stereocenters. The van der Waals surface area contributed by atoms with Gasteiger partial charge >= 0.3 is 0 Å². The van der Waals surface area contributed by atoms with Crippen LogP contribution >= 0.6 is 27.7 Å². The van der Waals surface area contributed by atoms with E-state index in [0.717, 1.165) is 22.9 Å². The molecule has 1 fully saturated rings. The number of carbonyl (C=O) groups excluding carboxylic acids is 1. The maximum Gasteiger partial charge on any atom is 0.277 e. The molecule has 1 heterocycles. The normalized spacial score (nSPS) is 13.5. The lowest BCUT2D eigenvalue weighted by Crippen LogP contribution is -2.34. The van der Waals surface area contributed by atoms with Crippen molar-refractivity contribution in [3.63, 3.8) is 0 Å². The second-order valence-electron chi connectivity index (χ2n) is 6.49. The van der Waals surface area contributed by atoms with Crippen molar-refractivity contribution in [3.05, 3.63) is 64.4 Å². The summed E-state index contributed by atoms with van der Waals surface area (Å²) in [5, 5.41) is 8.41. The fraction of sp³-hybridized carbons (Fsp3) is 0.250. The van der Waals surface area contributed by atoms with Gasteiger partial charge in [-0.15, -0.1) is 10.2 Å². The molecule has 3 aromatic rings. The third-order valence-electron chi connectivity index (χ3n) is 4.44. The SMILES string of the molecule is O=C(CSc1nnc(-c2ccccc2Br)o1)N(Cc1ccccc1F)C1CC1. The standard InChI is InChI=1S/C20H17BrFN3O2S/c21-16-7-3-2-6-15(16)19-23-24-20(27-19)28-12-18(26)25(14-9-10-14)11-13-5-1-4-8-17(13)22/h1-8,14H,9-12H2. The van der Waals surface area contributed by atoms with Crippen LogP contribution in [0.3, 0.4) is 0 Å². The highest BCUT2D eigenvalue weighted by molar-refractivity contribution is 9.10. The minimum Gasteiger partial charge on any atom is -0.411 e. The Morgan fingerprint density at radius 2 is 1.93 bits per heavy atom. The summed E-state index contributed by atoms with van der Waals surface area (Å²) in [5.41, 5.74) is 1.33. The van der Waals surface area contributed by atoms with Crippen molar-refractivity contribution in [1.29, 1.82) is 0 Å². The lowest BCUT2D eigenvalue weighted by Gasteiger charge is -2.22. The molecular weight excluding hydrogens is 445 g/mol. The molecule has 1 aliphatic rings. The summed E-state index contributed by atoms with van der Waals surface area (Å²) in [4.78, 5) is 14.5. The maximum absolute atomic E-state index is 14.0. The molecule has 1 aliphatic carbocycles. The minimum absolute atomic E-state index is 0.0589. The molecule has 1 aromatic heterocycles. The molecule has 1 saturated carbocycles. The Labute approximate surface area is 174 Å². The summed E-state index contributed by atoms with van der Waals surface area (Å²) in [6, 6.07) is 14.3. The highest BCUT2D eigenvalue weighted by Gasteiger charge is 2.33. The van der Waals surface area contributed by atoms with Gasteiger partial charge < -0.3 is 9.32 Å². The first-order valence-electron chi connectivity index (χ1n) is 8.86. The van der Waals surface area contributed by atoms with Gasteiger partial charge in [-0.25, -0.2) is 4.39 Å². The zero-order valence-electron chi connectivity index (χ0n) is 14.8. The molecule has 5 nitrogen and oxygen atoms in total. The van der Waals surface area contributed by atoms with Gasteiger partial charge in [-0.05, 0) is 47.0 Å². The van der Waals surface area contributed by atoms with Gasteiger partial charge in [0.05, 0.1) is 11.3 Å². The fourth-order valence-electron chi connectivity index (χ4n) is 2.84. The van der Waals surface area contributed by atoms with E-state index < -0.39 is 0 Å². The molecule has 144 valence electrons. The predicted molar refractivity (Wildman–Crippen MR) is 108 cm³/mol. The number of thioether (sulfide) groups is 1. The van der Waals surface area contributed by atoms with E-state index in [1.807, 2.05) is 24.3 Å². The van der Waals surface area contributed by atoms with E-state index in [4.69, 9.17) is 4.42 Å². The molecule has 28 heavy (non-hydrogen) atoms. The number of aromatic nitrogens is 2. The number of carbonyl (C=O) groups is 1. The Kier molecular flexibility index (Phi) is 5.77. The number of nitrogens with zero attached hydrogens (tertiary/aromatic N) is 3. The van der Waals surface area contributed by atoms with Crippen molar-refractivity contribution in [1.82, 2.24) is 15.1 Å². The van der Waals surface area contributed by atoms with Gasteiger partial charge in [0.25, 0.3) is 5.22 Å². The van der Waals surface area contributed by atoms with E-state index >= 15 is 0 Å². The van der Waals surface area contributed by atoms with Crippen molar-refractivity contribution in [2.45, 2.75) is 30.7 Å². The Morgan fingerprint density at radius 3 is 2.68 bits per heavy atom. The van der Waals surface area contributed by atoms with E-state index in [2.05, 4.69) is 26.1 Å². The third kappa shape index (κ3) is 4.44. The summed E-state index contributed by atoms with van der Waals surface area (Å²) in [6.45, 7) is 0.281. The molecule has 0 spiro atoms. The Hall–Kier alpha value is -2.19. The summed E-state index contributed by atoms with van der Waals surface area (Å²) in [6.07, 6.45) is 1.91. The molecule has 8 heteroatoms. The number of benzene rings is 2. The van der Waals surface area contributed by atoms with Crippen LogP contribution in [-0.2, 0) is 11.3 Å². The maximum atomic E-state index is 14.0. The first-order valence-corrected chi connectivity index (χ1v) is 10.6. The molecule has 0 saturated heterocycles. The topological polar surface area (TPSA) is 59.2 Å². The molecule has 0 aliphatic heterocycles. The Balaban J connectivity index is 1.40. The second-order valence-corrected chi connectivity index (χ2v) is 8.27. The number of hydrogen-bond donors (Lipinski definition) is 0. The van der Waals surface area contributed by atoms with Gasteiger partial charge in [0.15, 0.2) is 0 Å². The number of halogens is 2. The molecule has 1 amide bonds. The quantitative estimate of drug-likeness (QED) is 0.467. The van der Waals surface area contributed by atoms with Crippen molar-refractivity contribution >= 4 is 33.6 Å². The number of hydrogen-bond acceptors (Lipinski definition) is 5. The summed E-state index contributed by atoms with van der Waals surface area (Å²) in [7, 11) is 0. The Bertz CT molecular complexity index is 993. The van der Waals surface area contributed by atoms with E-state index in [0.29, 0.717) is 16.7 Å². The fourth-order valence-corrected chi connectivity index (χ4v) is 3.94. The zero-order valence-corrected chi connectivity index (χ0v) is 17.2. The van der Waals surface area contributed by atoms with Crippen LogP contribution < -0.4 is 0 Å². The van der Waals surface area contributed by atoms with Crippen molar-refractivity contribution in [2.24, 2.45) is 0 Å². The summed E-state index contributed by atoms with van der Waals surface area (Å²) in [5.74, 6) is 0.218. The van der Waals surface area contributed by atoms with Gasteiger partial charge in [0.2, 0.25) is 11.8 Å². The molecule has 0 N–H and O–H groups in total. The summed E-state index contributed by atoms with van der Waals surface area (Å²) < 4.78 is 20.5. The van der Waals surface area contributed by atoms with E-state index in [-0.39, 0.29) is 30.1 Å². The van der Waals surface area contributed by atoms with Crippen LogP contribution in [0.25, 0.3) is 11.5 Å². The van der Waals surface area contributed by atoms with Gasteiger partial charge in [-0.2, -0.15) is 0 Å². The van der Waals surface area contributed by atoms with Crippen LogP contribution in [0.2, 0.25) is 0 Å². The monoisotopic (exact) mass is 461 g/mol. The minimum atomic E-state index is -0.288. The van der Waals surface area contributed by atoms with Crippen LogP contribution in [0.1, 0.15) is 18.4 Å². The van der Waals surface area contributed by atoms with Gasteiger partial charge in [-0.1, -0.05) is 42.1 Å². The van der Waals surface area contributed by atoms with E-state index in [9.17, 15) is 9.18 Å². The Morgan fingerprint density at radius 1 is 1.18 bits per heavy atom. The van der Waals surface area contributed by atoms with Crippen molar-refractivity contribution in [2.75, 3.05) is 5.75 Å². The number of rotatable bonds is 7. The molecule has 4 rings (SSSR count). The van der Waals surface area contributed by atoms with Gasteiger partial charge in [0, 0.05) is 22.6 Å². The molecule has 0 radical (unpaired) electrons. The molecule has 2 aromatic carbocycles. The van der Waals surface area contributed by atoms with Crippen LogP contribution in [0.4, 0.5) is 4.39 Å². The smallest absolute Gasteiger partial charge is 0.277 e. The lowest BCUT2D eigenvalue weighted by atomic mass is 10.2. The van der Waals surface area contributed by atoms with Gasteiger partial charge in [0.1, 0.15) is 5.82 Å². The first-order chi connectivity index (χ1) is 13.6. The van der Waals surface area contributed by atoms with Crippen LogP contribution in [0.15, 0.2) is 62.6 Å². The first kappa shape index (κ1) is 19.1. The average molecular weight is 462 g/mol. The second kappa shape index (κ2) is 8.45. The molecule has 0 bridgehead atoms. The van der Waals surface area contributed by atoms with Gasteiger partial charge in [-0.3, -0.25) is 4.79 Å². The van der Waals surface area contributed by atoms with Crippen LogP contribution in [-0.4, -0.2) is 32.8 Å². The number of amides is 1. The largest absolute Gasteiger partial charge is 0.411 e. The summed E-state index contributed by atoms with van der Waals surface area (Å²) >= 11 is 4.66. The van der Waals surface area contributed by atoms with E-state index in [1.165, 1.54) is 17.8 Å². The van der Waals surface area contributed by atoms with Crippen LogP contribution in [0, 0.1) is 5.82 Å².